The SMILES string of the molecule is Cc1ccc(S(=O)(=O)N(CC(=O)N(Cc2ccc(Cl)cc2)[C@H](C)C(=O)NCC(C)C)c2ccccc2Cl)cc1. The van der Waals surface area contributed by atoms with Crippen molar-refractivity contribution in [2.75, 3.05) is 17.4 Å². The fourth-order valence-corrected chi connectivity index (χ4v) is 5.67. The first-order chi connectivity index (χ1) is 18.4. The molecule has 0 spiro atoms. The molecule has 1 N–H and O–H groups in total. The Morgan fingerprint density at radius 3 is 2.10 bits per heavy atom. The molecule has 3 rings (SSSR count). The summed E-state index contributed by atoms with van der Waals surface area (Å²) in [4.78, 5) is 28.3. The van der Waals surface area contributed by atoms with Crippen molar-refractivity contribution in [2.24, 2.45) is 5.92 Å². The van der Waals surface area contributed by atoms with E-state index < -0.39 is 28.5 Å². The third-order valence-electron chi connectivity index (χ3n) is 6.13. The normalized spacial score (nSPS) is 12.2. The number of hydrogen-bond donors (Lipinski definition) is 1. The van der Waals surface area contributed by atoms with Crippen LogP contribution in [0.15, 0.2) is 77.7 Å². The number of para-hydroxylation sites is 1. The minimum absolute atomic E-state index is 0.0211. The minimum Gasteiger partial charge on any atom is -0.354 e. The van der Waals surface area contributed by atoms with Gasteiger partial charge < -0.3 is 10.2 Å². The molecule has 0 aliphatic heterocycles. The van der Waals surface area contributed by atoms with E-state index in [0.29, 0.717) is 11.6 Å². The molecule has 0 heterocycles. The maximum Gasteiger partial charge on any atom is 0.264 e. The molecule has 0 saturated heterocycles. The molecule has 10 heteroatoms. The number of halogens is 2. The highest BCUT2D eigenvalue weighted by atomic mass is 35.5. The largest absolute Gasteiger partial charge is 0.354 e. The maximum atomic E-state index is 13.9. The molecule has 0 aromatic heterocycles. The fourth-order valence-electron chi connectivity index (χ4n) is 3.83. The van der Waals surface area contributed by atoms with E-state index in [-0.39, 0.29) is 34.0 Å². The lowest BCUT2D eigenvalue weighted by Gasteiger charge is -2.32. The predicted molar refractivity (Wildman–Crippen MR) is 156 cm³/mol. The fraction of sp³-hybridized carbons (Fsp3) is 0.310. The Bertz CT molecular complexity index is 1390. The Morgan fingerprint density at radius 1 is 0.897 bits per heavy atom. The number of anilines is 1. The molecule has 0 aliphatic carbocycles. The van der Waals surface area contributed by atoms with Crippen molar-refractivity contribution < 1.29 is 18.0 Å². The third kappa shape index (κ3) is 7.97. The lowest BCUT2D eigenvalue weighted by molar-refractivity contribution is -0.139. The Kier molecular flexibility index (Phi) is 10.4. The minimum atomic E-state index is -4.18. The van der Waals surface area contributed by atoms with Gasteiger partial charge in [0.05, 0.1) is 15.6 Å². The van der Waals surface area contributed by atoms with Crippen LogP contribution in [-0.2, 0) is 26.2 Å². The van der Waals surface area contributed by atoms with Gasteiger partial charge in [-0.25, -0.2) is 8.42 Å². The van der Waals surface area contributed by atoms with Crippen LogP contribution >= 0.6 is 23.2 Å². The third-order valence-corrected chi connectivity index (χ3v) is 8.47. The van der Waals surface area contributed by atoms with Crippen molar-refractivity contribution in [1.82, 2.24) is 10.2 Å². The van der Waals surface area contributed by atoms with Gasteiger partial charge in [-0.2, -0.15) is 0 Å². The molecule has 7 nitrogen and oxygen atoms in total. The van der Waals surface area contributed by atoms with Crippen molar-refractivity contribution in [3.8, 4) is 0 Å². The van der Waals surface area contributed by atoms with E-state index >= 15 is 0 Å². The van der Waals surface area contributed by atoms with Gasteiger partial charge in [-0.3, -0.25) is 13.9 Å². The molecule has 1 atom stereocenters. The van der Waals surface area contributed by atoms with Gasteiger partial charge in [-0.15, -0.1) is 0 Å². The van der Waals surface area contributed by atoms with Crippen LogP contribution in [-0.4, -0.2) is 44.3 Å². The Hall–Kier alpha value is -3.07. The summed E-state index contributed by atoms with van der Waals surface area (Å²) < 4.78 is 28.7. The van der Waals surface area contributed by atoms with Gasteiger partial charge in [-0.1, -0.05) is 79.0 Å². The molecule has 39 heavy (non-hydrogen) atoms. The number of nitrogens with zero attached hydrogens (tertiary/aromatic N) is 2. The van der Waals surface area contributed by atoms with Crippen LogP contribution in [0.4, 0.5) is 5.69 Å². The summed E-state index contributed by atoms with van der Waals surface area (Å²) in [6.45, 7) is 7.38. The predicted octanol–water partition coefficient (Wildman–Crippen LogP) is 5.69. The smallest absolute Gasteiger partial charge is 0.264 e. The van der Waals surface area contributed by atoms with Gasteiger partial charge in [0, 0.05) is 18.1 Å². The van der Waals surface area contributed by atoms with E-state index in [1.165, 1.54) is 17.0 Å². The number of carbonyl (C=O) groups excluding carboxylic acids is 2. The van der Waals surface area contributed by atoms with Crippen LogP contribution in [0.25, 0.3) is 0 Å². The molecule has 3 aromatic carbocycles. The van der Waals surface area contributed by atoms with Crippen LogP contribution in [0.1, 0.15) is 31.9 Å². The van der Waals surface area contributed by atoms with Crippen molar-refractivity contribution in [3.05, 3.63) is 94.0 Å². The molecule has 0 fully saturated rings. The van der Waals surface area contributed by atoms with Gasteiger partial charge in [0.25, 0.3) is 10.0 Å². The lowest BCUT2D eigenvalue weighted by atomic mass is 10.1. The number of aryl methyl sites for hydroxylation is 1. The number of nitrogens with one attached hydrogen (secondary N) is 1. The van der Waals surface area contributed by atoms with Crippen molar-refractivity contribution in [1.29, 1.82) is 0 Å². The zero-order valence-electron chi connectivity index (χ0n) is 22.4. The Balaban J connectivity index is 2.02. The second-order valence-electron chi connectivity index (χ2n) is 9.74. The van der Waals surface area contributed by atoms with E-state index in [1.54, 1.807) is 67.6 Å². The van der Waals surface area contributed by atoms with E-state index in [2.05, 4.69) is 5.32 Å². The van der Waals surface area contributed by atoms with Gasteiger partial charge in [0.1, 0.15) is 12.6 Å². The highest BCUT2D eigenvalue weighted by molar-refractivity contribution is 7.92. The monoisotopic (exact) mass is 589 g/mol. The van der Waals surface area contributed by atoms with Crippen LogP contribution in [0.2, 0.25) is 10.0 Å². The number of rotatable bonds is 11. The summed E-state index contributed by atoms with van der Waals surface area (Å²) in [6.07, 6.45) is 0. The zero-order valence-corrected chi connectivity index (χ0v) is 24.7. The molecular weight excluding hydrogens is 557 g/mol. The van der Waals surface area contributed by atoms with Crippen molar-refractivity contribution in [2.45, 2.75) is 45.2 Å². The van der Waals surface area contributed by atoms with Crippen molar-refractivity contribution in [3.63, 3.8) is 0 Å². The van der Waals surface area contributed by atoms with Crippen LogP contribution < -0.4 is 9.62 Å². The van der Waals surface area contributed by atoms with E-state index in [9.17, 15) is 18.0 Å². The second kappa shape index (κ2) is 13.3. The molecule has 0 unspecified atom stereocenters. The van der Waals surface area contributed by atoms with E-state index in [4.69, 9.17) is 23.2 Å². The first-order valence-electron chi connectivity index (χ1n) is 12.6. The molecule has 0 saturated carbocycles. The average Bonchev–Trinajstić information content (AvgIpc) is 2.90. The van der Waals surface area contributed by atoms with Gasteiger partial charge in [0.2, 0.25) is 11.8 Å². The van der Waals surface area contributed by atoms with E-state index in [1.807, 2.05) is 20.8 Å². The molecular formula is C29H33Cl2N3O4S. The average molecular weight is 591 g/mol. The molecule has 0 radical (unpaired) electrons. The quantitative estimate of drug-likeness (QED) is 0.311. The van der Waals surface area contributed by atoms with Gasteiger partial charge in [-0.05, 0) is 61.7 Å². The standard InChI is InChI=1S/C29H33Cl2N3O4S/c1-20(2)17-32-29(36)22(4)33(18-23-11-13-24(30)14-12-23)28(35)19-34(27-8-6-5-7-26(27)31)39(37,38)25-15-9-21(3)10-16-25/h5-16,20,22H,17-19H2,1-4H3,(H,32,36)/t22-/m1/s1. The topological polar surface area (TPSA) is 86.8 Å². The first-order valence-corrected chi connectivity index (χ1v) is 14.7. The number of amides is 2. The summed E-state index contributed by atoms with van der Waals surface area (Å²) in [6, 6.07) is 18.8. The number of hydrogen-bond acceptors (Lipinski definition) is 4. The van der Waals surface area contributed by atoms with Crippen LogP contribution in [0, 0.1) is 12.8 Å². The molecule has 2 amide bonds. The van der Waals surface area contributed by atoms with E-state index in [0.717, 1.165) is 15.4 Å². The number of benzene rings is 3. The van der Waals surface area contributed by atoms with Crippen molar-refractivity contribution >= 4 is 50.7 Å². The lowest BCUT2D eigenvalue weighted by Crippen LogP contribution is -2.51. The highest BCUT2D eigenvalue weighted by Gasteiger charge is 2.33. The number of sulfonamides is 1. The summed E-state index contributed by atoms with van der Waals surface area (Å²) in [5.41, 5.74) is 1.79. The van der Waals surface area contributed by atoms with Gasteiger partial charge >= 0.3 is 0 Å². The Labute approximate surface area is 240 Å². The molecule has 0 aliphatic rings. The van der Waals surface area contributed by atoms with Crippen LogP contribution in [0.3, 0.4) is 0 Å². The second-order valence-corrected chi connectivity index (χ2v) is 12.4. The van der Waals surface area contributed by atoms with Gasteiger partial charge in [0.15, 0.2) is 0 Å². The first kappa shape index (κ1) is 30.5. The molecule has 3 aromatic rings. The van der Waals surface area contributed by atoms with Crippen LogP contribution in [0.5, 0.6) is 0 Å². The summed E-state index contributed by atoms with van der Waals surface area (Å²) in [7, 11) is -4.18. The summed E-state index contributed by atoms with van der Waals surface area (Å²) >= 11 is 12.5. The molecule has 0 bridgehead atoms. The summed E-state index contributed by atoms with van der Waals surface area (Å²) in [5, 5.41) is 3.57. The molecule has 208 valence electrons. The summed E-state index contributed by atoms with van der Waals surface area (Å²) in [5.74, 6) is -0.679. The number of carbonyl (C=O) groups is 2. The zero-order chi connectivity index (χ0) is 28.7. The maximum absolute atomic E-state index is 13.9. The Morgan fingerprint density at radius 2 is 1.51 bits per heavy atom. The highest BCUT2D eigenvalue weighted by Crippen LogP contribution is 2.31.